The number of carbonyl (C=O) groups is 1. The topological polar surface area (TPSA) is 92.5 Å². The summed E-state index contributed by atoms with van der Waals surface area (Å²) in [5, 5.41) is 3.06. The summed E-state index contributed by atoms with van der Waals surface area (Å²) >= 11 is 0. The molecule has 0 aromatic heterocycles. The van der Waals surface area contributed by atoms with Gasteiger partial charge in [-0.3, -0.25) is 4.79 Å². The van der Waals surface area contributed by atoms with Crippen molar-refractivity contribution in [2.45, 2.75) is 62.8 Å². The molecule has 0 saturated heterocycles. The molecule has 27 heavy (non-hydrogen) atoms. The second-order valence-electron chi connectivity index (χ2n) is 7.07. The van der Waals surface area contributed by atoms with E-state index in [1.54, 1.807) is 12.1 Å². The van der Waals surface area contributed by atoms with Crippen molar-refractivity contribution in [2.75, 3.05) is 19.6 Å². The molecule has 1 aliphatic rings. The third-order valence-electron chi connectivity index (χ3n) is 5.03. The van der Waals surface area contributed by atoms with Gasteiger partial charge in [-0.2, -0.15) is 4.31 Å². The van der Waals surface area contributed by atoms with Gasteiger partial charge in [-0.25, -0.2) is 8.42 Å². The van der Waals surface area contributed by atoms with Gasteiger partial charge < -0.3 is 11.1 Å². The number of hydrogen-bond acceptors (Lipinski definition) is 4. The highest BCUT2D eigenvalue weighted by Gasteiger charge is 2.34. The van der Waals surface area contributed by atoms with Crippen LogP contribution in [0, 0.1) is 0 Å². The maximum atomic E-state index is 12.8. The summed E-state index contributed by atoms with van der Waals surface area (Å²) in [6, 6.07) is 6.20. The number of hydrogen-bond donors (Lipinski definition) is 2. The van der Waals surface area contributed by atoms with Crippen molar-refractivity contribution in [2.24, 2.45) is 5.73 Å². The van der Waals surface area contributed by atoms with Crippen LogP contribution in [0.3, 0.4) is 0 Å². The molecule has 0 bridgehead atoms. The first kappa shape index (κ1) is 23.9. The number of rotatable bonds is 9. The molecule has 1 aromatic carbocycles. The van der Waals surface area contributed by atoms with E-state index in [1.807, 2.05) is 13.8 Å². The first-order valence-electron chi connectivity index (χ1n) is 9.51. The zero-order chi connectivity index (χ0) is 19.2. The van der Waals surface area contributed by atoms with Crippen LogP contribution in [0.25, 0.3) is 0 Å². The third kappa shape index (κ3) is 5.67. The zero-order valence-corrected chi connectivity index (χ0v) is 17.9. The van der Waals surface area contributed by atoms with Crippen molar-refractivity contribution in [1.29, 1.82) is 0 Å². The number of nitrogens with zero attached hydrogens (tertiary/aromatic N) is 1. The van der Waals surface area contributed by atoms with Gasteiger partial charge in [-0.15, -0.1) is 12.4 Å². The SMILES string of the molecule is CCCN(CCC)S(=O)(=O)c1ccc(C(=O)NC2(CN)CCCC2)cc1.Cl. The largest absolute Gasteiger partial charge is 0.345 e. The Morgan fingerprint density at radius 3 is 2.07 bits per heavy atom. The molecular formula is C19H32ClN3O3S. The lowest BCUT2D eigenvalue weighted by Gasteiger charge is -2.28. The fourth-order valence-electron chi connectivity index (χ4n) is 3.52. The number of nitrogens with two attached hydrogens (primary N) is 1. The number of halogens is 1. The maximum Gasteiger partial charge on any atom is 0.251 e. The molecule has 1 amide bonds. The van der Waals surface area contributed by atoms with E-state index in [0.29, 0.717) is 25.2 Å². The van der Waals surface area contributed by atoms with Crippen molar-refractivity contribution >= 4 is 28.3 Å². The van der Waals surface area contributed by atoms with Gasteiger partial charge in [0.2, 0.25) is 10.0 Å². The molecule has 1 aromatic rings. The van der Waals surface area contributed by atoms with E-state index in [4.69, 9.17) is 5.73 Å². The smallest absolute Gasteiger partial charge is 0.251 e. The summed E-state index contributed by atoms with van der Waals surface area (Å²) in [6.07, 6.45) is 5.45. The van der Waals surface area contributed by atoms with Crippen LogP contribution in [0.2, 0.25) is 0 Å². The minimum Gasteiger partial charge on any atom is -0.345 e. The lowest BCUT2D eigenvalue weighted by molar-refractivity contribution is 0.0903. The summed E-state index contributed by atoms with van der Waals surface area (Å²) in [7, 11) is -3.53. The highest BCUT2D eigenvalue weighted by Crippen LogP contribution is 2.29. The molecule has 6 nitrogen and oxygen atoms in total. The highest BCUT2D eigenvalue weighted by atomic mass is 35.5. The summed E-state index contributed by atoms with van der Waals surface area (Å²) in [5.41, 5.74) is 6.01. The third-order valence-corrected chi connectivity index (χ3v) is 6.94. The van der Waals surface area contributed by atoms with Crippen LogP contribution < -0.4 is 11.1 Å². The molecule has 1 saturated carbocycles. The van der Waals surface area contributed by atoms with Gasteiger partial charge in [0.25, 0.3) is 5.91 Å². The lowest BCUT2D eigenvalue weighted by Crippen LogP contribution is -2.51. The van der Waals surface area contributed by atoms with E-state index >= 15 is 0 Å². The van der Waals surface area contributed by atoms with E-state index in [9.17, 15) is 13.2 Å². The monoisotopic (exact) mass is 417 g/mol. The maximum absolute atomic E-state index is 12.8. The Kier molecular flexibility index (Phi) is 9.21. The molecule has 0 atom stereocenters. The Morgan fingerprint density at radius 2 is 1.63 bits per heavy atom. The standard InChI is InChI=1S/C19H31N3O3S.ClH/c1-3-13-22(14-4-2)26(24,25)17-9-7-16(8-10-17)18(23)21-19(15-20)11-5-6-12-19;/h7-10H,3-6,11-15,20H2,1-2H3,(H,21,23);1H. The molecule has 1 aliphatic carbocycles. The van der Waals surface area contributed by atoms with Crippen LogP contribution >= 0.6 is 12.4 Å². The zero-order valence-electron chi connectivity index (χ0n) is 16.2. The van der Waals surface area contributed by atoms with E-state index in [1.165, 1.54) is 16.4 Å². The predicted octanol–water partition coefficient (Wildman–Crippen LogP) is 2.92. The predicted molar refractivity (Wildman–Crippen MR) is 111 cm³/mol. The van der Waals surface area contributed by atoms with Crippen LogP contribution in [0.4, 0.5) is 0 Å². The second kappa shape index (κ2) is 10.4. The summed E-state index contributed by atoms with van der Waals surface area (Å²) in [5.74, 6) is -0.194. The van der Waals surface area contributed by atoms with Gasteiger partial charge in [0.05, 0.1) is 10.4 Å². The van der Waals surface area contributed by atoms with Crippen molar-refractivity contribution in [3.05, 3.63) is 29.8 Å². The molecule has 0 spiro atoms. The molecule has 8 heteroatoms. The van der Waals surface area contributed by atoms with Crippen LogP contribution in [0.15, 0.2) is 29.2 Å². The van der Waals surface area contributed by atoms with E-state index < -0.39 is 10.0 Å². The van der Waals surface area contributed by atoms with Crippen molar-refractivity contribution in [3.63, 3.8) is 0 Å². The van der Waals surface area contributed by atoms with Gasteiger partial charge in [0.1, 0.15) is 0 Å². The lowest BCUT2D eigenvalue weighted by atomic mass is 9.97. The average Bonchev–Trinajstić information content (AvgIpc) is 3.10. The Labute approximate surface area is 169 Å². The molecular weight excluding hydrogens is 386 g/mol. The van der Waals surface area contributed by atoms with Gasteiger partial charge >= 0.3 is 0 Å². The number of carbonyl (C=O) groups excluding carboxylic acids is 1. The van der Waals surface area contributed by atoms with Crippen molar-refractivity contribution in [3.8, 4) is 0 Å². The normalized spacial score (nSPS) is 16.1. The Bertz CT molecular complexity index is 695. The number of sulfonamides is 1. The first-order valence-corrected chi connectivity index (χ1v) is 11.0. The number of benzene rings is 1. The van der Waals surface area contributed by atoms with Gasteiger partial charge in [-0.1, -0.05) is 26.7 Å². The van der Waals surface area contributed by atoms with E-state index in [2.05, 4.69) is 5.32 Å². The van der Waals surface area contributed by atoms with Crippen LogP contribution in [-0.2, 0) is 10.0 Å². The fourth-order valence-corrected chi connectivity index (χ4v) is 5.15. The van der Waals surface area contributed by atoms with Gasteiger partial charge in [0, 0.05) is 25.2 Å². The molecule has 1 fully saturated rings. The Hall–Kier alpha value is -1.15. The van der Waals surface area contributed by atoms with Crippen LogP contribution in [0.5, 0.6) is 0 Å². The number of amides is 1. The van der Waals surface area contributed by atoms with E-state index in [-0.39, 0.29) is 28.7 Å². The Balaban J connectivity index is 0.00000364. The van der Waals surface area contributed by atoms with Gasteiger partial charge in [-0.05, 0) is 49.9 Å². The first-order chi connectivity index (χ1) is 12.4. The molecule has 0 radical (unpaired) electrons. The molecule has 0 heterocycles. The van der Waals surface area contributed by atoms with Gasteiger partial charge in [0.15, 0.2) is 0 Å². The van der Waals surface area contributed by atoms with E-state index in [0.717, 1.165) is 38.5 Å². The fraction of sp³-hybridized carbons (Fsp3) is 0.632. The molecule has 2 rings (SSSR count). The van der Waals surface area contributed by atoms with Crippen molar-refractivity contribution < 1.29 is 13.2 Å². The minimum atomic E-state index is -3.53. The van der Waals surface area contributed by atoms with Crippen LogP contribution in [0.1, 0.15) is 62.7 Å². The van der Waals surface area contributed by atoms with Crippen LogP contribution in [-0.4, -0.2) is 43.8 Å². The second-order valence-corrected chi connectivity index (χ2v) is 9.01. The summed E-state index contributed by atoms with van der Waals surface area (Å²) in [6.45, 7) is 5.34. The summed E-state index contributed by atoms with van der Waals surface area (Å²) < 4.78 is 27.1. The highest BCUT2D eigenvalue weighted by molar-refractivity contribution is 7.89. The average molecular weight is 418 g/mol. The van der Waals surface area contributed by atoms with Crippen molar-refractivity contribution in [1.82, 2.24) is 9.62 Å². The molecule has 0 unspecified atom stereocenters. The quantitative estimate of drug-likeness (QED) is 0.646. The Morgan fingerprint density at radius 1 is 1.11 bits per heavy atom. The number of nitrogens with one attached hydrogen (secondary N) is 1. The molecule has 0 aliphatic heterocycles. The molecule has 154 valence electrons. The molecule has 3 N–H and O–H groups in total. The summed E-state index contributed by atoms with van der Waals surface area (Å²) in [4.78, 5) is 12.8. The minimum absolute atomic E-state index is 0.